The van der Waals surface area contributed by atoms with Crippen LogP contribution in [-0.4, -0.2) is 18.4 Å². The summed E-state index contributed by atoms with van der Waals surface area (Å²) in [7, 11) is 1.60. The molecule has 4 heteroatoms. The van der Waals surface area contributed by atoms with Gasteiger partial charge in [-0.25, -0.2) is 0 Å². The highest BCUT2D eigenvalue weighted by atomic mass is 79.9. The number of fused-ring (bicyclic) bond motifs is 1. The number of aryl methyl sites for hydroxylation is 1. The van der Waals surface area contributed by atoms with Gasteiger partial charge in [-0.05, 0) is 35.0 Å². The Kier molecular flexibility index (Phi) is 2.52. The molecule has 78 valence electrons. The standard InChI is InChI=1S/C11H10BrNO2/c1-6-7(5-14)10-8(13-6)3-4-9(15-2)11(10)12/h3-5,13H,1-2H3. The lowest BCUT2D eigenvalue weighted by molar-refractivity contribution is 0.112. The van der Waals surface area contributed by atoms with E-state index in [9.17, 15) is 4.79 Å². The Morgan fingerprint density at radius 1 is 1.47 bits per heavy atom. The van der Waals surface area contributed by atoms with Crippen LogP contribution in [0.15, 0.2) is 16.6 Å². The van der Waals surface area contributed by atoms with Gasteiger partial charge >= 0.3 is 0 Å². The van der Waals surface area contributed by atoms with Gasteiger partial charge in [0.2, 0.25) is 0 Å². The largest absolute Gasteiger partial charge is 0.496 e. The molecule has 0 saturated carbocycles. The first-order valence-corrected chi connectivity index (χ1v) is 5.28. The van der Waals surface area contributed by atoms with E-state index in [1.807, 2.05) is 19.1 Å². The molecule has 0 unspecified atom stereocenters. The van der Waals surface area contributed by atoms with E-state index in [1.54, 1.807) is 7.11 Å². The molecule has 3 nitrogen and oxygen atoms in total. The van der Waals surface area contributed by atoms with Gasteiger partial charge in [0, 0.05) is 22.2 Å². The van der Waals surface area contributed by atoms with Gasteiger partial charge in [0.15, 0.2) is 6.29 Å². The molecule has 0 fully saturated rings. The van der Waals surface area contributed by atoms with Crippen LogP contribution < -0.4 is 4.74 Å². The van der Waals surface area contributed by atoms with Crippen LogP contribution in [-0.2, 0) is 0 Å². The minimum absolute atomic E-state index is 0.677. The molecule has 0 bridgehead atoms. The minimum Gasteiger partial charge on any atom is -0.496 e. The third kappa shape index (κ3) is 1.45. The molecule has 1 N–H and O–H groups in total. The van der Waals surface area contributed by atoms with Crippen LogP contribution in [0.1, 0.15) is 16.1 Å². The Morgan fingerprint density at radius 2 is 2.20 bits per heavy atom. The topological polar surface area (TPSA) is 42.1 Å². The van der Waals surface area contributed by atoms with Crippen LogP contribution in [0.4, 0.5) is 0 Å². The molecule has 1 aromatic carbocycles. The van der Waals surface area contributed by atoms with E-state index in [-0.39, 0.29) is 0 Å². The first-order valence-electron chi connectivity index (χ1n) is 4.49. The van der Waals surface area contributed by atoms with E-state index in [0.29, 0.717) is 5.56 Å². The number of methoxy groups -OCH3 is 1. The van der Waals surface area contributed by atoms with E-state index in [0.717, 1.165) is 33.1 Å². The van der Waals surface area contributed by atoms with Gasteiger partial charge < -0.3 is 9.72 Å². The molecule has 0 radical (unpaired) electrons. The summed E-state index contributed by atoms with van der Waals surface area (Å²) in [5.74, 6) is 0.726. The molecule has 0 aliphatic rings. The lowest BCUT2D eigenvalue weighted by Gasteiger charge is -2.03. The van der Waals surface area contributed by atoms with E-state index in [1.165, 1.54) is 0 Å². The number of benzene rings is 1. The normalized spacial score (nSPS) is 10.6. The molecule has 0 aliphatic heterocycles. The predicted molar refractivity (Wildman–Crippen MR) is 62.7 cm³/mol. The molecule has 2 aromatic rings. The van der Waals surface area contributed by atoms with Crippen molar-refractivity contribution in [1.29, 1.82) is 0 Å². The Bertz CT molecular complexity index is 531. The SMILES string of the molecule is COc1ccc2[nH]c(C)c(C=O)c2c1Br. The van der Waals surface area contributed by atoms with Crippen molar-refractivity contribution in [3.05, 3.63) is 27.9 Å². The summed E-state index contributed by atoms with van der Waals surface area (Å²) in [4.78, 5) is 14.1. The van der Waals surface area contributed by atoms with Crippen LogP contribution in [0, 0.1) is 6.92 Å². The fourth-order valence-corrected chi connectivity index (χ4v) is 2.41. The lowest BCUT2D eigenvalue weighted by atomic mass is 10.1. The molecule has 0 spiro atoms. The lowest BCUT2D eigenvalue weighted by Crippen LogP contribution is -1.86. The summed E-state index contributed by atoms with van der Waals surface area (Å²) in [5.41, 5.74) is 2.48. The highest BCUT2D eigenvalue weighted by Crippen LogP contribution is 2.35. The van der Waals surface area contributed by atoms with Crippen molar-refractivity contribution in [3.63, 3.8) is 0 Å². The number of aldehydes is 1. The van der Waals surface area contributed by atoms with Gasteiger partial charge in [-0.1, -0.05) is 0 Å². The highest BCUT2D eigenvalue weighted by molar-refractivity contribution is 9.10. The Hall–Kier alpha value is -1.29. The summed E-state index contributed by atoms with van der Waals surface area (Å²) in [6, 6.07) is 3.76. The van der Waals surface area contributed by atoms with Crippen LogP contribution in [0.5, 0.6) is 5.75 Å². The van der Waals surface area contributed by atoms with Crippen LogP contribution >= 0.6 is 15.9 Å². The van der Waals surface area contributed by atoms with Crippen LogP contribution in [0.25, 0.3) is 10.9 Å². The quantitative estimate of drug-likeness (QED) is 0.850. The average molecular weight is 268 g/mol. The van der Waals surface area contributed by atoms with Crippen molar-refractivity contribution in [2.24, 2.45) is 0 Å². The fraction of sp³-hybridized carbons (Fsp3) is 0.182. The third-order valence-corrected chi connectivity index (χ3v) is 3.23. The van der Waals surface area contributed by atoms with Gasteiger partial charge in [-0.3, -0.25) is 4.79 Å². The van der Waals surface area contributed by atoms with E-state index in [4.69, 9.17) is 4.74 Å². The second kappa shape index (κ2) is 3.70. The zero-order valence-corrected chi connectivity index (χ0v) is 10.0. The molecule has 0 amide bonds. The molecular weight excluding hydrogens is 258 g/mol. The smallest absolute Gasteiger partial charge is 0.152 e. The number of hydrogen-bond donors (Lipinski definition) is 1. The van der Waals surface area contributed by atoms with Crippen molar-refractivity contribution in [1.82, 2.24) is 4.98 Å². The average Bonchev–Trinajstić information content (AvgIpc) is 2.55. The number of aromatic nitrogens is 1. The number of nitrogens with one attached hydrogen (secondary N) is 1. The Balaban J connectivity index is 2.89. The number of H-pyrrole nitrogens is 1. The van der Waals surface area contributed by atoms with Gasteiger partial charge in [0.1, 0.15) is 5.75 Å². The maximum Gasteiger partial charge on any atom is 0.152 e. The molecule has 1 heterocycles. The summed E-state index contributed by atoms with van der Waals surface area (Å²) >= 11 is 3.44. The van der Waals surface area contributed by atoms with Gasteiger partial charge in [0.05, 0.1) is 11.6 Å². The number of halogens is 1. The number of aromatic amines is 1. The molecule has 0 saturated heterocycles. The number of hydrogen-bond acceptors (Lipinski definition) is 2. The number of ether oxygens (including phenoxy) is 1. The van der Waals surface area contributed by atoms with Crippen molar-refractivity contribution in [2.45, 2.75) is 6.92 Å². The summed E-state index contributed by atoms with van der Waals surface area (Å²) in [6.07, 6.45) is 0.859. The fourth-order valence-electron chi connectivity index (χ4n) is 1.69. The Labute approximate surface area is 95.6 Å². The van der Waals surface area contributed by atoms with Gasteiger partial charge in [0.25, 0.3) is 0 Å². The van der Waals surface area contributed by atoms with Crippen molar-refractivity contribution in [2.75, 3.05) is 7.11 Å². The second-order valence-corrected chi connectivity index (χ2v) is 4.08. The number of rotatable bonds is 2. The number of carbonyl (C=O) groups excluding carboxylic acids is 1. The van der Waals surface area contributed by atoms with Gasteiger partial charge in [-0.2, -0.15) is 0 Å². The highest BCUT2D eigenvalue weighted by Gasteiger charge is 2.13. The Morgan fingerprint density at radius 3 is 2.80 bits per heavy atom. The maximum absolute atomic E-state index is 11.0. The zero-order valence-electron chi connectivity index (χ0n) is 8.43. The predicted octanol–water partition coefficient (Wildman–Crippen LogP) is 3.06. The molecule has 2 rings (SSSR count). The summed E-state index contributed by atoms with van der Waals surface area (Å²) in [6.45, 7) is 1.88. The van der Waals surface area contributed by atoms with E-state index >= 15 is 0 Å². The first-order chi connectivity index (χ1) is 7.19. The first kappa shape index (κ1) is 10.2. The molecule has 1 aromatic heterocycles. The van der Waals surface area contributed by atoms with Crippen LogP contribution in [0.2, 0.25) is 0 Å². The summed E-state index contributed by atoms with van der Waals surface area (Å²) < 4.78 is 6.00. The van der Waals surface area contributed by atoms with Crippen LogP contribution in [0.3, 0.4) is 0 Å². The second-order valence-electron chi connectivity index (χ2n) is 3.29. The van der Waals surface area contributed by atoms with Crippen molar-refractivity contribution >= 4 is 33.1 Å². The zero-order chi connectivity index (χ0) is 11.0. The molecule has 15 heavy (non-hydrogen) atoms. The third-order valence-electron chi connectivity index (χ3n) is 2.44. The van der Waals surface area contributed by atoms with Crippen molar-refractivity contribution in [3.8, 4) is 5.75 Å². The maximum atomic E-state index is 11.0. The monoisotopic (exact) mass is 267 g/mol. The minimum atomic E-state index is 0.677. The van der Waals surface area contributed by atoms with E-state index < -0.39 is 0 Å². The molecular formula is C11H10BrNO2. The van der Waals surface area contributed by atoms with E-state index in [2.05, 4.69) is 20.9 Å². The molecule has 0 atom stereocenters. The molecule has 0 aliphatic carbocycles. The number of carbonyl (C=O) groups is 1. The summed E-state index contributed by atoms with van der Waals surface area (Å²) in [5, 5.41) is 0.877. The van der Waals surface area contributed by atoms with Gasteiger partial charge in [-0.15, -0.1) is 0 Å². The van der Waals surface area contributed by atoms with Crippen molar-refractivity contribution < 1.29 is 9.53 Å².